The number of alkyl halides is 3. The summed E-state index contributed by atoms with van der Waals surface area (Å²) in [5.41, 5.74) is 1.09. The van der Waals surface area contributed by atoms with E-state index in [0.29, 0.717) is 37.2 Å². The Labute approximate surface area is 262 Å². The van der Waals surface area contributed by atoms with Crippen molar-refractivity contribution in [1.82, 2.24) is 29.5 Å². The molecule has 46 heavy (non-hydrogen) atoms. The highest BCUT2D eigenvalue weighted by Gasteiger charge is 2.40. The Morgan fingerprint density at radius 3 is 2.63 bits per heavy atom. The minimum Gasteiger partial charge on any atom is -0.481 e. The molecule has 2 aliphatic carbocycles. The lowest BCUT2D eigenvalue weighted by atomic mass is 9.86. The van der Waals surface area contributed by atoms with E-state index in [1.165, 1.54) is 23.3 Å². The van der Waals surface area contributed by atoms with Crippen LogP contribution in [0.25, 0.3) is 22.4 Å². The third kappa shape index (κ3) is 6.69. The number of carboxylic acid groups (broad SMARTS) is 1. The van der Waals surface area contributed by atoms with Gasteiger partial charge < -0.3 is 24.3 Å². The Bertz CT molecular complexity index is 1760. The number of nitrogens with one attached hydrogen (secondary N) is 2. The van der Waals surface area contributed by atoms with Gasteiger partial charge in [-0.25, -0.2) is 9.97 Å². The molecule has 244 valence electrons. The maximum atomic E-state index is 14.1. The van der Waals surface area contributed by atoms with Crippen LogP contribution in [-0.4, -0.2) is 73.8 Å². The molecule has 2 saturated carbocycles. The number of aromatic nitrogens is 6. The summed E-state index contributed by atoms with van der Waals surface area (Å²) in [5.74, 6) is -1.67. The zero-order valence-corrected chi connectivity index (χ0v) is 25.5. The van der Waals surface area contributed by atoms with Crippen molar-refractivity contribution >= 4 is 34.7 Å². The van der Waals surface area contributed by atoms with Crippen LogP contribution < -0.4 is 10.2 Å². The van der Waals surface area contributed by atoms with Gasteiger partial charge in [0.1, 0.15) is 11.2 Å². The molecule has 15 heteroatoms. The first-order valence-corrected chi connectivity index (χ1v) is 15.2. The van der Waals surface area contributed by atoms with Gasteiger partial charge in [0.15, 0.2) is 5.65 Å². The number of aliphatic carboxylic acids is 1. The number of fused-ring (bicyclic) bond motifs is 1. The smallest absolute Gasteiger partial charge is 0.418 e. The second-order valence-corrected chi connectivity index (χ2v) is 12.3. The molecule has 0 spiro atoms. The number of carboxylic acids is 1. The van der Waals surface area contributed by atoms with Gasteiger partial charge in [0.05, 0.1) is 42.0 Å². The number of hydrogen-bond acceptors (Lipinski definition) is 8. The van der Waals surface area contributed by atoms with Gasteiger partial charge in [-0.1, -0.05) is 12.8 Å². The Hall–Kier alpha value is -4.53. The van der Waals surface area contributed by atoms with Crippen LogP contribution in [0.3, 0.4) is 0 Å². The molecule has 0 saturated heterocycles. The predicted molar refractivity (Wildman–Crippen MR) is 163 cm³/mol. The largest absolute Gasteiger partial charge is 0.481 e. The number of hydrogen-bond donors (Lipinski definition) is 3. The van der Waals surface area contributed by atoms with Gasteiger partial charge in [-0.2, -0.15) is 18.2 Å². The number of pyridine rings is 2. The van der Waals surface area contributed by atoms with E-state index in [1.807, 2.05) is 11.9 Å². The summed E-state index contributed by atoms with van der Waals surface area (Å²) in [6.07, 6.45) is 5.04. The van der Waals surface area contributed by atoms with Gasteiger partial charge in [-0.3, -0.25) is 19.9 Å². The second kappa shape index (κ2) is 12.3. The summed E-state index contributed by atoms with van der Waals surface area (Å²) in [6, 6.07) is 2.83. The molecule has 2 aliphatic rings. The zero-order valence-electron chi connectivity index (χ0n) is 25.5. The third-order valence-corrected chi connectivity index (χ3v) is 8.70. The average molecular weight is 641 g/mol. The van der Waals surface area contributed by atoms with Crippen LogP contribution in [0, 0.1) is 5.41 Å². The molecule has 4 heterocycles. The Morgan fingerprint density at radius 1 is 1.20 bits per heavy atom. The molecule has 0 atom stereocenters. The van der Waals surface area contributed by atoms with Crippen LogP contribution in [0.15, 0.2) is 30.9 Å². The fraction of sp³-hybridized carbons (Fsp3) is 0.484. The summed E-state index contributed by atoms with van der Waals surface area (Å²) in [5, 5.41) is 11.6. The lowest BCUT2D eigenvalue weighted by Crippen LogP contribution is -2.37. The van der Waals surface area contributed by atoms with E-state index in [4.69, 9.17) is 9.84 Å². The summed E-state index contributed by atoms with van der Waals surface area (Å²) in [4.78, 5) is 46.4. The maximum absolute atomic E-state index is 14.1. The van der Waals surface area contributed by atoms with E-state index in [9.17, 15) is 22.8 Å². The molecule has 0 unspecified atom stereocenters. The van der Waals surface area contributed by atoms with Crippen LogP contribution in [0.2, 0.25) is 0 Å². The van der Waals surface area contributed by atoms with E-state index in [-0.39, 0.29) is 58.5 Å². The Kier molecular flexibility index (Phi) is 8.44. The van der Waals surface area contributed by atoms with Crippen LogP contribution in [0.5, 0.6) is 0 Å². The van der Waals surface area contributed by atoms with Crippen LogP contribution in [0.4, 0.5) is 24.8 Å². The lowest BCUT2D eigenvalue weighted by Gasteiger charge is -2.34. The highest BCUT2D eigenvalue weighted by atomic mass is 19.4. The van der Waals surface area contributed by atoms with E-state index in [2.05, 4.69) is 30.2 Å². The Balaban J connectivity index is 1.37. The van der Waals surface area contributed by atoms with Crippen molar-refractivity contribution in [3.8, 4) is 11.3 Å². The molecule has 0 bridgehead atoms. The van der Waals surface area contributed by atoms with Crippen molar-refractivity contribution < 1.29 is 32.6 Å². The molecular weight excluding hydrogens is 605 g/mol. The number of aryl methyl sites for hydroxylation is 1. The second-order valence-electron chi connectivity index (χ2n) is 12.3. The van der Waals surface area contributed by atoms with Crippen molar-refractivity contribution in [3.63, 3.8) is 0 Å². The first kappa shape index (κ1) is 31.5. The van der Waals surface area contributed by atoms with Gasteiger partial charge in [-0.05, 0) is 37.8 Å². The zero-order chi connectivity index (χ0) is 32.6. The van der Waals surface area contributed by atoms with Gasteiger partial charge >= 0.3 is 12.1 Å². The Morgan fingerprint density at radius 2 is 1.96 bits per heavy atom. The summed E-state index contributed by atoms with van der Waals surface area (Å²) < 4.78 is 49.4. The number of methoxy groups -OCH3 is 1. The van der Waals surface area contributed by atoms with Gasteiger partial charge in [0.25, 0.3) is 5.91 Å². The van der Waals surface area contributed by atoms with Crippen molar-refractivity contribution in [2.75, 3.05) is 37.5 Å². The van der Waals surface area contributed by atoms with Crippen LogP contribution in [-0.2, 0) is 22.3 Å². The fourth-order valence-corrected chi connectivity index (χ4v) is 6.37. The number of amides is 1. The number of halogens is 3. The van der Waals surface area contributed by atoms with Crippen molar-refractivity contribution in [2.24, 2.45) is 5.41 Å². The van der Waals surface area contributed by atoms with Gasteiger partial charge in [-0.15, -0.1) is 0 Å². The van der Waals surface area contributed by atoms with E-state index in [1.54, 1.807) is 13.2 Å². The number of carbonyl (C=O) groups excluding carboxylic acids is 1. The average Bonchev–Trinajstić information content (AvgIpc) is 3.35. The van der Waals surface area contributed by atoms with Gasteiger partial charge in [0.2, 0.25) is 5.95 Å². The van der Waals surface area contributed by atoms with Gasteiger partial charge in [0, 0.05) is 56.5 Å². The molecular formula is C31H35F3N8O4. The number of imidazole rings is 2. The lowest BCUT2D eigenvalue weighted by molar-refractivity contribution is -0.139. The SMILES string of the molecule is COCC1(CN(C)c2cc(-c3cnc(C4CC4)c(C(F)(F)F)c3)nc3nc(NC(=O)c4cn(CCC(=O)O)cn4)[nH]c23)CCCC1. The normalized spacial score (nSPS) is 16.2. The molecule has 4 aromatic rings. The first-order chi connectivity index (χ1) is 21.9. The van der Waals surface area contributed by atoms with Crippen molar-refractivity contribution in [2.45, 2.75) is 63.6 Å². The molecule has 1 amide bonds. The number of aromatic amines is 1. The minimum absolute atomic E-state index is 0.0566. The molecule has 3 N–H and O–H groups in total. The predicted octanol–water partition coefficient (Wildman–Crippen LogP) is 5.48. The standard InChI is InChI=1S/C31H35F3N8O4/c1-41(15-30(16-46-2)8-3-4-9-30)23-12-21(19-11-20(31(32,33)34)25(35-13-19)18-5-6-18)37-27-26(23)38-29(39-27)40-28(45)22-14-42(17-36-22)10-7-24(43)44/h11-14,17-18H,3-10,15-16H2,1-2H3,(H,43,44)(H2,37,38,39,40,45). The number of H-pyrrole nitrogens is 1. The number of nitrogens with zero attached hydrogens (tertiary/aromatic N) is 6. The summed E-state index contributed by atoms with van der Waals surface area (Å²) in [6.45, 7) is 1.35. The summed E-state index contributed by atoms with van der Waals surface area (Å²) in [7, 11) is 3.59. The number of anilines is 2. The van der Waals surface area contributed by atoms with Crippen molar-refractivity contribution in [3.05, 3.63) is 47.8 Å². The maximum Gasteiger partial charge on any atom is 0.418 e. The van der Waals surface area contributed by atoms with Crippen LogP contribution in [0.1, 0.15) is 72.6 Å². The number of carbonyl (C=O) groups is 2. The monoisotopic (exact) mass is 640 g/mol. The molecule has 12 nitrogen and oxygen atoms in total. The third-order valence-electron chi connectivity index (χ3n) is 8.70. The highest BCUT2D eigenvalue weighted by molar-refractivity contribution is 6.03. The van der Waals surface area contributed by atoms with E-state index < -0.39 is 23.6 Å². The highest BCUT2D eigenvalue weighted by Crippen LogP contribution is 2.46. The number of rotatable bonds is 12. The molecule has 4 aromatic heterocycles. The molecule has 6 rings (SSSR count). The van der Waals surface area contributed by atoms with Crippen LogP contribution >= 0.6 is 0 Å². The van der Waals surface area contributed by atoms with E-state index in [0.717, 1.165) is 31.7 Å². The van der Waals surface area contributed by atoms with Crippen molar-refractivity contribution in [1.29, 1.82) is 0 Å². The fourth-order valence-electron chi connectivity index (χ4n) is 6.37. The molecule has 0 aromatic carbocycles. The molecule has 2 fully saturated rings. The summed E-state index contributed by atoms with van der Waals surface area (Å²) >= 11 is 0. The first-order valence-electron chi connectivity index (χ1n) is 15.2. The quantitative estimate of drug-likeness (QED) is 0.183. The number of ether oxygens (including phenoxy) is 1. The topological polar surface area (TPSA) is 151 Å². The molecule has 0 radical (unpaired) electrons. The van der Waals surface area contributed by atoms with E-state index >= 15 is 0 Å². The molecule has 0 aliphatic heterocycles. The minimum atomic E-state index is -4.57.